The molecule has 0 radical (unpaired) electrons. The van der Waals surface area contributed by atoms with Gasteiger partial charge in [-0.15, -0.1) is 5.10 Å². The van der Waals surface area contributed by atoms with Crippen molar-refractivity contribution in [1.29, 1.82) is 0 Å². The minimum atomic E-state index is -0.652. The van der Waals surface area contributed by atoms with Crippen LogP contribution in [-0.2, 0) is 30.2 Å². The van der Waals surface area contributed by atoms with Crippen LogP contribution in [-0.4, -0.2) is 52.8 Å². The number of hydrogen-bond acceptors (Lipinski definition) is 6. The van der Waals surface area contributed by atoms with Crippen molar-refractivity contribution in [1.82, 2.24) is 34.3 Å². The number of imidazole rings is 1. The van der Waals surface area contributed by atoms with Crippen molar-refractivity contribution in [2.24, 2.45) is 14.1 Å². The number of carbonyl (C=O) groups excluding carboxylic acids is 3. The molecule has 176 valence electrons. The molecule has 11 nitrogen and oxygen atoms in total. The Morgan fingerprint density at radius 2 is 1.77 bits per heavy atom. The third-order valence-corrected chi connectivity index (χ3v) is 6.83. The molecule has 35 heavy (non-hydrogen) atoms. The van der Waals surface area contributed by atoms with Gasteiger partial charge >= 0.3 is 5.69 Å². The summed E-state index contributed by atoms with van der Waals surface area (Å²) in [5, 5.41) is 10.9. The van der Waals surface area contributed by atoms with Gasteiger partial charge in [0, 0.05) is 38.2 Å². The van der Waals surface area contributed by atoms with E-state index in [0.29, 0.717) is 24.2 Å². The topological polar surface area (TPSA) is 124 Å². The molecule has 3 amide bonds. The molecule has 2 aromatic heterocycles. The molecule has 4 heterocycles. The molecule has 0 aliphatic carbocycles. The van der Waals surface area contributed by atoms with Crippen LogP contribution in [0.15, 0.2) is 47.4 Å². The standard InChI is InChI=1S/C24H21N7O4/c1-28-18-6-4-15(10-20(18)29(2)24(28)35)31-12-17(26-27-31)13-3-5-16-14(9-13)11-30(23(16)34)19-7-8-21(32)25-22(19)33/h3-6,9-10,12,19H,7-8,11H2,1-2H3,(H,25,32,33). The van der Waals surface area contributed by atoms with Crippen LogP contribution < -0.4 is 11.0 Å². The molecule has 1 saturated heterocycles. The van der Waals surface area contributed by atoms with E-state index in [9.17, 15) is 19.2 Å². The van der Waals surface area contributed by atoms with Gasteiger partial charge in [-0.1, -0.05) is 11.3 Å². The predicted octanol–water partition coefficient (Wildman–Crippen LogP) is 0.886. The zero-order valence-corrected chi connectivity index (χ0v) is 19.1. The zero-order valence-electron chi connectivity index (χ0n) is 19.1. The number of hydrogen-bond donors (Lipinski definition) is 1. The van der Waals surface area contributed by atoms with E-state index in [1.807, 2.05) is 30.3 Å². The number of nitrogens with zero attached hydrogens (tertiary/aromatic N) is 6. The second-order valence-corrected chi connectivity index (χ2v) is 8.89. The molecule has 0 saturated carbocycles. The fourth-order valence-corrected chi connectivity index (χ4v) is 4.89. The predicted molar refractivity (Wildman–Crippen MR) is 125 cm³/mol. The Morgan fingerprint density at radius 1 is 0.971 bits per heavy atom. The van der Waals surface area contributed by atoms with Crippen LogP contribution in [0.5, 0.6) is 0 Å². The Labute approximate surface area is 198 Å². The molecule has 1 fully saturated rings. The van der Waals surface area contributed by atoms with Crippen molar-refractivity contribution in [2.45, 2.75) is 25.4 Å². The third kappa shape index (κ3) is 3.19. The summed E-state index contributed by atoms with van der Waals surface area (Å²) in [6.07, 6.45) is 2.33. The Hall–Kier alpha value is -4.54. The molecule has 1 unspecified atom stereocenters. The molecule has 6 rings (SSSR count). The lowest BCUT2D eigenvalue weighted by atomic mass is 10.0. The average Bonchev–Trinajstić information content (AvgIpc) is 3.52. The van der Waals surface area contributed by atoms with Crippen molar-refractivity contribution in [3.8, 4) is 16.9 Å². The fraction of sp³-hybridized carbons (Fsp3) is 0.250. The summed E-state index contributed by atoms with van der Waals surface area (Å²) < 4.78 is 4.82. The van der Waals surface area contributed by atoms with E-state index in [2.05, 4.69) is 15.6 Å². The van der Waals surface area contributed by atoms with Gasteiger partial charge in [0.2, 0.25) is 11.8 Å². The largest absolute Gasteiger partial charge is 0.328 e. The first kappa shape index (κ1) is 21.0. The summed E-state index contributed by atoms with van der Waals surface area (Å²) in [5.41, 5.74) is 5.03. The van der Waals surface area contributed by atoms with Gasteiger partial charge in [0.15, 0.2) is 0 Å². The van der Waals surface area contributed by atoms with Crippen molar-refractivity contribution in [3.05, 3.63) is 64.2 Å². The number of rotatable bonds is 3. The summed E-state index contributed by atoms with van der Waals surface area (Å²) in [6.45, 7) is 0.293. The maximum Gasteiger partial charge on any atom is 0.328 e. The summed E-state index contributed by atoms with van der Waals surface area (Å²) >= 11 is 0. The molecule has 0 spiro atoms. The first-order valence-electron chi connectivity index (χ1n) is 11.2. The fourth-order valence-electron chi connectivity index (χ4n) is 4.89. The van der Waals surface area contributed by atoms with Crippen LogP contribution in [0, 0.1) is 0 Å². The van der Waals surface area contributed by atoms with E-state index in [1.165, 1.54) is 4.90 Å². The quantitative estimate of drug-likeness (QED) is 0.443. The Balaban J connectivity index is 1.29. The van der Waals surface area contributed by atoms with Gasteiger partial charge in [-0.3, -0.25) is 28.8 Å². The van der Waals surface area contributed by atoms with Gasteiger partial charge in [-0.25, -0.2) is 9.48 Å². The molecule has 0 bridgehead atoms. The molecular formula is C24H21N7O4. The number of carbonyl (C=O) groups is 3. The highest BCUT2D eigenvalue weighted by Crippen LogP contribution is 2.31. The summed E-state index contributed by atoms with van der Waals surface area (Å²) in [5.74, 6) is -0.959. The lowest BCUT2D eigenvalue weighted by Crippen LogP contribution is -2.52. The molecule has 2 aliphatic rings. The summed E-state index contributed by atoms with van der Waals surface area (Å²) in [7, 11) is 3.46. The average molecular weight is 471 g/mol. The number of nitrogens with one attached hydrogen (secondary N) is 1. The van der Waals surface area contributed by atoms with Crippen LogP contribution >= 0.6 is 0 Å². The van der Waals surface area contributed by atoms with E-state index >= 15 is 0 Å². The van der Waals surface area contributed by atoms with E-state index in [4.69, 9.17) is 0 Å². The lowest BCUT2D eigenvalue weighted by Gasteiger charge is -2.29. The Morgan fingerprint density at radius 3 is 2.57 bits per heavy atom. The molecule has 2 aromatic carbocycles. The highest BCUT2D eigenvalue weighted by Gasteiger charge is 2.39. The molecule has 4 aromatic rings. The van der Waals surface area contributed by atoms with Crippen LogP contribution in [0.1, 0.15) is 28.8 Å². The number of amides is 3. The van der Waals surface area contributed by atoms with Crippen LogP contribution in [0.4, 0.5) is 0 Å². The Bertz CT molecular complexity index is 1630. The smallest absolute Gasteiger partial charge is 0.322 e. The van der Waals surface area contributed by atoms with Crippen molar-refractivity contribution in [3.63, 3.8) is 0 Å². The monoisotopic (exact) mass is 471 g/mol. The van der Waals surface area contributed by atoms with Gasteiger partial charge < -0.3 is 4.90 Å². The van der Waals surface area contributed by atoms with Gasteiger partial charge in [-0.2, -0.15) is 0 Å². The molecule has 11 heteroatoms. The minimum Gasteiger partial charge on any atom is -0.322 e. The molecule has 1 N–H and O–H groups in total. The van der Waals surface area contributed by atoms with Crippen LogP contribution in [0.3, 0.4) is 0 Å². The van der Waals surface area contributed by atoms with E-state index in [-0.39, 0.29) is 23.9 Å². The number of benzene rings is 2. The zero-order chi connectivity index (χ0) is 24.4. The van der Waals surface area contributed by atoms with Gasteiger partial charge in [0.1, 0.15) is 11.7 Å². The van der Waals surface area contributed by atoms with Crippen LogP contribution in [0.2, 0.25) is 0 Å². The van der Waals surface area contributed by atoms with E-state index in [1.54, 1.807) is 40.2 Å². The second kappa shape index (κ2) is 7.49. The normalized spacial score (nSPS) is 17.8. The number of aryl methyl sites for hydroxylation is 2. The number of piperidine rings is 1. The number of imide groups is 1. The third-order valence-electron chi connectivity index (χ3n) is 6.83. The maximum atomic E-state index is 12.9. The van der Waals surface area contributed by atoms with E-state index in [0.717, 1.165) is 27.8 Å². The molecular weight excluding hydrogens is 450 g/mol. The first-order valence-corrected chi connectivity index (χ1v) is 11.2. The maximum absolute atomic E-state index is 12.9. The van der Waals surface area contributed by atoms with E-state index < -0.39 is 11.9 Å². The van der Waals surface area contributed by atoms with Crippen molar-refractivity contribution < 1.29 is 14.4 Å². The number of aromatic nitrogens is 5. The summed E-state index contributed by atoms with van der Waals surface area (Å²) in [4.78, 5) is 50.4. The minimum absolute atomic E-state index is 0.101. The van der Waals surface area contributed by atoms with Crippen LogP contribution in [0.25, 0.3) is 28.0 Å². The van der Waals surface area contributed by atoms with Gasteiger partial charge in [0.05, 0.1) is 22.9 Å². The Kier molecular flexibility index (Phi) is 4.50. The SMILES string of the molecule is Cn1c(=O)n(C)c2cc(-n3cc(-c4ccc5c(c4)CN(C4CCC(=O)NC4=O)C5=O)nn3)ccc21. The van der Waals surface area contributed by atoms with Crippen molar-refractivity contribution in [2.75, 3.05) is 0 Å². The lowest BCUT2D eigenvalue weighted by molar-refractivity contribution is -0.136. The van der Waals surface area contributed by atoms with Gasteiger partial charge in [-0.05, 0) is 42.3 Å². The molecule has 1 atom stereocenters. The highest BCUT2D eigenvalue weighted by molar-refractivity contribution is 6.05. The summed E-state index contributed by atoms with van der Waals surface area (Å²) in [6, 6.07) is 10.4. The highest BCUT2D eigenvalue weighted by atomic mass is 16.2. The first-order chi connectivity index (χ1) is 16.8. The van der Waals surface area contributed by atoms with Gasteiger partial charge in [0.25, 0.3) is 5.91 Å². The van der Waals surface area contributed by atoms with Crippen molar-refractivity contribution >= 4 is 28.8 Å². The number of fused-ring (bicyclic) bond motifs is 2. The molecule has 2 aliphatic heterocycles. The second-order valence-electron chi connectivity index (χ2n) is 8.89.